The van der Waals surface area contributed by atoms with Crippen molar-refractivity contribution < 1.29 is 53.8 Å². The molecule has 1 aromatic heterocycles. The number of phenolic OH excluding ortho intramolecular Hbond substituents is 1. The third-order valence-electron chi connectivity index (χ3n) is 11.2. The van der Waals surface area contributed by atoms with Crippen molar-refractivity contribution in [2.24, 2.45) is 30.7 Å². The maximum absolute atomic E-state index is 13.4. The number of anilines is 6. The monoisotopic (exact) mass is 1180 g/mol. The normalized spacial score (nSPS) is 13.1. The number of hydrogen-bond donors (Lipinski definition) is 14. The lowest BCUT2D eigenvalue weighted by Crippen LogP contribution is -2.29. The topological polar surface area (TPSA) is 437 Å². The molecule has 0 fully saturated rings. The average Bonchev–Trinajstić information content (AvgIpc) is 3.59. The van der Waals surface area contributed by atoms with Crippen LogP contribution in [0.5, 0.6) is 5.75 Å². The highest BCUT2D eigenvalue weighted by Gasteiger charge is 2.30. The zero-order valence-electron chi connectivity index (χ0n) is 43.1. The molecule has 7 rings (SSSR count). The average molecular weight is 1180 g/mol. The quantitative estimate of drug-likeness (QED) is 0.00878. The van der Waals surface area contributed by atoms with Crippen LogP contribution in [0.3, 0.4) is 0 Å². The summed E-state index contributed by atoms with van der Waals surface area (Å²) in [5.41, 5.74) is 13.3. The van der Waals surface area contributed by atoms with Gasteiger partial charge in [-0.25, -0.2) is 13.4 Å². The van der Waals surface area contributed by atoms with Gasteiger partial charge in [-0.1, -0.05) is 0 Å². The van der Waals surface area contributed by atoms with E-state index in [1.165, 1.54) is 60.7 Å². The molecule has 7 aromatic rings. The molecule has 6 aromatic carbocycles. The molecule has 28 nitrogen and oxygen atoms in total. The van der Waals surface area contributed by atoms with Crippen LogP contribution in [0, 0.1) is 0 Å². The molecule has 0 atom stereocenters. The summed E-state index contributed by atoms with van der Waals surface area (Å²) in [7, 11) is -10.2. The second-order valence-electron chi connectivity index (χ2n) is 18.1. The van der Waals surface area contributed by atoms with Crippen molar-refractivity contribution in [1.29, 1.82) is 0 Å². The number of rotatable bonds is 24. The van der Waals surface area contributed by atoms with Gasteiger partial charge in [0.2, 0.25) is 5.95 Å². The van der Waals surface area contributed by atoms with Crippen molar-refractivity contribution in [2.45, 2.75) is 32.4 Å². The Morgan fingerprint density at radius 3 is 1.75 bits per heavy atom. The van der Waals surface area contributed by atoms with Crippen molar-refractivity contribution in [3.05, 3.63) is 115 Å². The lowest BCUT2D eigenvalue weighted by atomic mass is 10.1. The summed E-state index contributed by atoms with van der Waals surface area (Å²) in [6.45, 7) is 3.12. The van der Waals surface area contributed by atoms with Gasteiger partial charge in [0, 0.05) is 49.3 Å². The second-order valence-corrected chi connectivity index (χ2v) is 24.2. The minimum Gasteiger partial charge on any atom is -0.505 e. The molecule has 0 radical (unpaired) electrons. The highest BCUT2D eigenvalue weighted by atomic mass is 32.3. The summed E-state index contributed by atoms with van der Waals surface area (Å²) >= 11 is 0. The van der Waals surface area contributed by atoms with Crippen molar-refractivity contribution in [3.63, 3.8) is 0 Å². The highest BCUT2D eigenvalue weighted by Crippen LogP contribution is 2.56. The van der Waals surface area contributed by atoms with Gasteiger partial charge in [-0.2, -0.15) is 28.7 Å². The summed E-state index contributed by atoms with van der Waals surface area (Å²) in [6.07, 6.45) is 1.61. The number of hydrogen-bond acceptors (Lipinski definition) is 26. The maximum Gasteiger partial charge on any atom is 0.296 e. The summed E-state index contributed by atoms with van der Waals surface area (Å²) in [5.74, 6) is 0.128. The molecule has 0 saturated heterocycles. The molecule has 0 spiro atoms. The summed E-state index contributed by atoms with van der Waals surface area (Å²) in [6, 6.07) is 24.0. The Hall–Kier alpha value is -7.54. The van der Waals surface area contributed by atoms with Crippen LogP contribution >= 0.6 is 21.7 Å². The van der Waals surface area contributed by atoms with Crippen LogP contribution < -0.4 is 32.1 Å². The minimum atomic E-state index is -5.18. The zero-order valence-corrected chi connectivity index (χ0v) is 46.4. The zero-order chi connectivity index (χ0) is 58.2. The van der Waals surface area contributed by atoms with Gasteiger partial charge in [0.05, 0.1) is 48.5 Å². The number of nitrogens with one attached hydrogen (secondary N) is 4. The molecule has 0 aliphatic carbocycles. The van der Waals surface area contributed by atoms with Crippen molar-refractivity contribution in [1.82, 2.24) is 25.1 Å². The Morgan fingerprint density at radius 1 is 0.600 bits per heavy atom. The number of nitrogens with two attached hydrogens (primary N) is 2. The van der Waals surface area contributed by atoms with Gasteiger partial charge in [-0.05, 0) is 150 Å². The van der Waals surface area contributed by atoms with Crippen LogP contribution in [0.2, 0.25) is 0 Å². The Bertz CT molecular complexity index is 3650. The maximum atomic E-state index is 13.4. The largest absolute Gasteiger partial charge is 0.505 e. The number of benzene rings is 6. The lowest BCUT2D eigenvalue weighted by Gasteiger charge is -2.23. The predicted molar refractivity (Wildman–Crippen MR) is 308 cm³/mol. The molecule has 1 heterocycles. The molecule has 0 bridgehead atoms. The number of sulfonamides is 1. The minimum absolute atomic E-state index is 0.0208. The standard InChI is InChI=1S/C48H58N16O12S4/c1-63(2)23-5-21-52-42-27-35(20-22-51-28-64(3)4)54-48(55-42)53-34-14-19-39(38(49)26-34)59-56-30-6-8-33(9-7-30)62-77(66,67)36-15-10-31(11-16-36)57-60-45-40(79(71,72)73)24-29-25-41(80(74,75)76)46(47(65)43(29)44(45)50)61-58-32-12-17-37(18-13-32)78(68,69)70/h6-19,24-27,51,62,65,68-70,74-76H,5,20-23,28,49-50H2,1-4H3,(H,71,72,73)(H2,52,53,54,55). The van der Waals surface area contributed by atoms with E-state index >= 15 is 0 Å². The summed E-state index contributed by atoms with van der Waals surface area (Å²) in [4.78, 5) is 11.3. The molecule has 426 valence electrons. The summed E-state index contributed by atoms with van der Waals surface area (Å²) < 4.78 is 124. The predicted octanol–water partition coefficient (Wildman–Crippen LogP) is 10.7. The van der Waals surface area contributed by atoms with E-state index in [1.807, 2.05) is 39.2 Å². The Morgan fingerprint density at radius 2 is 1.18 bits per heavy atom. The van der Waals surface area contributed by atoms with Gasteiger partial charge in [0.1, 0.15) is 49.5 Å². The van der Waals surface area contributed by atoms with Gasteiger partial charge in [-0.3, -0.25) is 14.2 Å². The first-order valence-corrected chi connectivity index (χ1v) is 29.6. The first-order chi connectivity index (χ1) is 37.6. The van der Waals surface area contributed by atoms with Crippen LogP contribution in [0.4, 0.5) is 68.6 Å². The Labute approximate surface area is 463 Å². The van der Waals surface area contributed by atoms with Crippen LogP contribution in [-0.4, -0.2) is 128 Å². The molecule has 80 heavy (non-hydrogen) atoms. The summed E-state index contributed by atoms with van der Waals surface area (Å²) in [5, 5.41) is 44.7. The second kappa shape index (κ2) is 25.3. The van der Waals surface area contributed by atoms with Gasteiger partial charge < -0.3 is 64.7 Å². The Balaban J connectivity index is 1.03. The number of azo groups is 3. The molecule has 0 aliphatic rings. The number of fused-ring (bicyclic) bond motifs is 1. The SMILES string of the molecule is CN(C)CCCNc1cc(CCNCN(C)C)nc(Nc2ccc(N=Nc3ccc(NS(=O)(=O)c4ccc(N=Nc5c(S(=O)(=O)O)cc6cc(S(O)(O)O)c(N=Nc7ccc(S(O)(O)O)cc7)c(O)c6c5N)cc4)cc3)c(N)c2)n1. The number of aromatic hydroxyl groups is 1. The van der Waals surface area contributed by atoms with Crippen molar-refractivity contribution >= 4 is 121 Å². The highest BCUT2D eigenvalue weighted by molar-refractivity contribution is 8.19. The van der Waals surface area contributed by atoms with Gasteiger partial charge in [0.25, 0.3) is 20.1 Å². The van der Waals surface area contributed by atoms with E-state index in [4.69, 9.17) is 16.5 Å². The van der Waals surface area contributed by atoms with E-state index < -0.39 is 79.9 Å². The van der Waals surface area contributed by atoms with Crippen LogP contribution in [0.25, 0.3) is 10.8 Å². The van der Waals surface area contributed by atoms with Gasteiger partial charge in [0.15, 0.2) is 5.75 Å². The fraction of sp³-hybridized carbons (Fsp3) is 0.208. The molecule has 0 unspecified atom stereocenters. The number of nitrogen functional groups attached to an aromatic ring is 2. The van der Waals surface area contributed by atoms with E-state index in [2.05, 4.69) is 61.2 Å². The van der Waals surface area contributed by atoms with E-state index in [0.29, 0.717) is 40.9 Å². The van der Waals surface area contributed by atoms with Crippen LogP contribution in [-0.2, 0) is 26.6 Å². The first kappa shape index (κ1) is 60.1. The Kier molecular flexibility index (Phi) is 19.0. The molecule has 16 N–H and O–H groups in total. The van der Waals surface area contributed by atoms with Crippen LogP contribution in [0.15, 0.2) is 159 Å². The number of phenols is 1. The van der Waals surface area contributed by atoms with Gasteiger partial charge in [-0.15, -0.1) is 15.3 Å². The smallest absolute Gasteiger partial charge is 0.296 e. The van der Waals surface area contributed by atoms with Gasteiger partial charge >= 0.3 is 0 Å². The third kappa shape index (κ3) is 16.1. The van der Waals surface area contributed by atoms with Crippen molar-refractivity contribution in [3.8, 4) is 5.75 Å². The van der Waals surface area contributed by atoms with Crippen molar-refractivity contribution in [2.75, 3.05) is 81.3 Å². The molecular weight excluding hydrogens is 1120 g/mol. The fourth-order valence-electron chi connectivity index (χ4n) is 7.40. The first-order valence-electron chi connectivity index (χ1n) is 23.6. The van der Waals surface area contributed by atoms with E-state index in [9.17, 15) is 53.8 Å². The molecule has 32 heteroatoms. The molecular formula is C48H58N16O12S4. The van der Waals surface area contributed by atoms with E-state index in [1.54, 1.807) is 18.2 Å². The number of nitrogens with zero attached hydrogens (tertiary/aromatic N) is 10. The van der Waals surface area contributed by atoms with E-state index in [0.717, 1.165) is 62.7 Å². The third-order valence-corrected chi connectivity index (χ3v) is 15.3. The fourth-order valence-corrected chi connectivity index (χ4v) is 10.3. The molecule has 0 saturated carbocycles. The van der Waals surface area contributed by atoms with Crippen LogP contribution in [0.1, 0.15) is 12.1 Å². The van der Waals surface area contributed by atoms with E-state index in [-0.39, 0.29) is 32.2 Å². The lowest BCUT2D eigenvalue weighted by molar-refractivity contribution is 0.370. The molecule has 0 aliphatic heterocycles. The number of aromatic nitrogens is 2. The molecule has 0 amide bonds.